The van der Waals surface area contributed by atoms with E-state index in [0.29, 0.717) is 6.54 Å². The van der Waals surface area contributed by atoms with Crippen LogP contribution in [0.4, 0.5) is 0 Å². The SMILES string of the molecule is CN1CCCC(=CCN)C1. The number of piperidine rings is 1. The van der Waals surface area contributed by atoms with Gasteiger partial charge < -0.3 is 10.6 Å². The summed E-state index contributed by atoms with van der Waals surface area (Å²) in [5, 5.41) is 0. The summed E-state index contributed by atoms with van der Waals surface area (Å²) in [5.41, 5.74) is 6.92. The molecule has 0 aliphatic carbocycles. The second-order valence-electron chi connectivity index (χ2n) is 2.94. The third-order valence-electron chi connectivity index (χ3n) is 1.92. The topological polar surface area (TPSA) is 29.3 Å². The number of nitrogens with zero attached hydrogens (tertiary/aromatic N) is 1. The summed E-state index contributed by atoms with van der Waals surface area (Å²) in [6.07, 6.45) is 4.69. The van der Waals surface area contributed by atoms with Gasteiger partial charge in [-0.25, -0.2) is 0 Å². The van der Waals surface area contributed by atoms with E-state index in [2.05, 4.69) is 18.0 Å². The van der Waals surface area contributed by atoms with Gasteiger partial charge in [0.15, 0.2) is 0 Å². The van der Waals surface area contributed by atoms with Gasteiger partial charge in [-0.3, -0.25) is 0 Å². The van der Waals surface area contributed by atoms with Gasteiger partial charge in [0.05, 0.1) is 0 Å². The van der Waals surface area contributed by atoms with Gasteiger partial charge in [-0.1, -0.05) is 11.6 Å². The van der Waals surface area contributed by atoms with Gasteiger partial charge in [0.2, 0.25) is 0 Å². The molecular weight excluding hydrogens is 124 g/mol. The molecule has 0 bridgehead atoms. The van der Waals surface area contributed by atoms with Gasteiger partial charge in [0.1, 0.15) is 0 Å². The smallest absolute Gasteiger partial charge is 0.0190 e. The van der Waals surface area contributed by atoms with Crippen molar-refractivity contribution in [3.8, 4) is 0 Å². The highest BCUT2D eigenvalue weighted by Crippen LogP contribution is 2.12. The van der Waals surface area contributed by atoms with Gasteiger partial charge in [0, 0.05) is 13.1 Å². The van der Waals surface area contributed by atoms with Gasteiger partial charge in [-0.2, -0.15) is 0 Å². The second kappa shape index (κ2) is 3.74. The monoisotopic (exact) mass is 140 g/mol. The molecular formula is C8H16N2. The third-order valence-corrected chi connectivity index (χ3v) is 1.92. The van der Waals surface area contributed by atoms with E-state index in [0.717, 1.165) is 6.54 Å². The molecule has 1 aliphatic rings. The molecule has 0 atom stereocenters. The number of rotatable bonds is 1. The third kappa shape index (κ3) is 2.12. The first-order valence-electron chi connectivity index (χ1n) is 3.89. The predicted molar refractivity (Wildman–Crippen MR) is 43.9 cm³/mol. The van der Waals surface area contributed by atoms with Gasteiger partial charge in [-0.05, 0) is 26.4 Å². The quantitative estimate of drug-likeness (QED) is 0.540. The van der Waals surface area contributed by atoms with E-state index in [4.69, 9.17) is 5.73 Å². The minimum Gasteiger partial charge on any atom is -0.327 e. The van der Waals surface area contributed by atoms with Gasteiger partial charge in [0.25, 0.3) is 0 Å². The van der Waals surface area contributed by atoms with Crippen LogP contribution < -0.4 is 5.73 Å². The van der Waals surface area contributed by atoms with Crippen LogP contribution in [0.1, 0.15) is 12.8 Å². The normalized spacial score (nSPS) is 25.6. The fourth-order valence-corrected chi connectivity index (χ4v) is 1.41. The van der Waals surface area contributed by atoms with Crippen LogP contribution in [-0.4, -0.2) is 31.6 Å². The first kappa shape index (κ1) is 7.76. The van der Waals surface area contributed by atoms with Crippen molar-refractivity contribution in [1.29, 1.82) is 0 Å². The molecule has 1 fully saturated rings. The second-order valence-corrected chi connectivity index (χ2v) is 2.94. The van der Waals surface area contributed by atoms with Crippen molar-refractivity contribution in [2.75, 3.05) is 26.7 Å². The van der Waals surface area contributed by atoms with Crippen LogP contribution in [0.2, 0.25) is 0 Å². The Balaban J connectivity index is 2.39. The summed E-state index contributed by atoms with van der Waals surface area (Å²) in [7, 11) is 2.16. The molecule has 1 rings (SSSR count). The lowest BCUT2D eigenvalue weighted by Gasteiger charge is -2.24. The van der Waals surface area contributed by atoms with Crippen LogP contribution in [0.25, 0.3) is 0 Å². The number of likely N-dealkylation sites (N-methyl/N-ethyl adjacent to an activating group) is 1. The highest BCUT2D eigenvalue weighted by molar-refractivity contribution is 5.07. The molecule has 1 aliphatic heterocycles. The van der Waals surface area contributed by atoms with Gasteiger partial charge >= 0.3 is 0 Å². The Morgan fingerprint density at radius 1 is 1.70 bits per heavy atom. The van der Waals surface area contributed by atoms with E-state index >= 15 is 0 Å². The highest BCUT2D eigenvalue weighted by Gasteiger charge is 2.08. The Labute approximate surface area is 62.7 Å². The maximum Gasteiger partial charge on any atom is 0.0190 e. The molecule has 10 heavy (non-hydrogen) atoms. The first-order chi connectivity index (χ1) is 4.83. The van der Waals surface area contributed by atoms with E-state index in [1.54, 1.807) is 0 Å². The zero-order chi connectivity index (χ0) is 7.40. The van der Waals surface area contributed by atoms with Crippen molar-refractivity contribution in [2.45, 2.75) is 12.8 Å². The summed E-state index contributed by atoms with van der Waals surface area (Å²) < 4.78 is 0. The molecule has 0 spiro atoms. The molecule has 0 aromatic rings. The molecule has 1 heterocycles. The standard InChI is InChI=1S/C8H16N2/c1-10-6-2-3-8(7-10)4-5-9/h4H,2-3,5-7,9H2,1H3. The lowest BCUT2D eigenvalue weighted by molar-refractivity contribution is 0.322. The zero-order valence-electron chi connectivity index (χ0n) is 6.64. The number of hydrogen-bond acceptors (Lipinski definition) is 2. The van der Waals surface area contributed by atoms with Crippen molar-refractivity contribution >= 4 is 0 Å². The van der Waals surface area contributed by atoms with Crippen LogP contribution >= 0.6 is 0 Å². The number of nitrogens with two attached hydrogens (primary N) is 1. The number of likely N-dealkylation sites (tertiary alicyclic amines) is 1. The molecule has 58 valence electrons. The summed E-state index contributed by atoms with van der Waals surface area (Å²) in [6, 6.07) is 0. The van der Waals surface area contributed by atoms with Crippen LogP contribution in [-0.2, 0) is 0 Å². The van der Waals surface area contributed by atoms with Crippen LogP contribution in [0, 0.1) is 0 Å². The first-order valence-corrected chi connectivity index (χ1v) is 3.89. The fourth-order valence-electron chi connectivity index (χ4n) is 1.41. The van der Waals surface area contributed by atoms with Crippen LogP contribution in [0.3, 0.4) is 0 Å². The van der Waals surface area contributed by atoms with Gasteiger partial charge in [-0.15, -0.1) is 0 Å². The van der Waals surface area contributed by atoms with Crippen LogP contribution in [0.15, 0.2) is 11.6 Å². The van der Waals surface area contributed by atoms with E-state index in [-0.39, 0.29) is 0 Å². The van der Waals surface area contributed by atoms with Crippen molar-refractivity contribution < 1.29 is 0 Å². The van der Waals surface area contributed by atoms with Crippen molar-refractivity contribution in [3.05, 3.63) is 11.6 Å². The average molecular weight is 140 g/mol. The van der Waals surface area contributed by atoms with Crippen molar-refractivity contribution in [2.24, 2.45) is 5.73 Å². The molecule has 0 aromatic heterocycles. The van der Waals surface area contributed by atoms with Crippen molar-refractivity contribution in [3.63, 3.8) is 0 Å². The summed E-state index contributed by atoms with van der Waals surface area (Å²) >= 11 is 0. The summed E-state index contributed by atoms with van der Waals surface area (Å²) in [4.78, 5) is 2.34. The Hall–Kier alpha value is -0.340. The lowest BCUT2D eigenvalue weighted by atomic mass is 10.1. The molecule has 0 radical (unpaired) electrons. The van der Waals surface area contributed by atoms with E-state index in [1.165, 1.54) is 25.0 Å². The molecule has 0 unspecified atom stereocenters. The lowest BCUT2D eigenvalue weighted by Crippen LogP contribution is -2.27. The molecule has 2 heteroatoms. The van der Waals surface area contributed by atoms with E-state index in [1.807, 2.05) is 0 Å². The minimum atomic E-state index is 0.698. The van der Waals surface area contributed by atoms with E-state index in [9.17, 15) is 0 Å². The Morgan fingerprint density at radius 3 is 3.10 bits per heavy atom. The maximum absolute atomic E-state index is 5.41. The predicted octanol–water partition coefficient (Wildman–Crippen LogP) is 0.597. The summed E-state index contributed by atoms with van der Waals surface area (Å²) in [5.74, 6) is 0. The molecule has 2 nitrogen and oxygen atoms in total. The molecule has 0 aromatic carbocycles. The summed E-state index contributed by atoms with van der Waals surface area (Å²) in [6.45, 7) is 3.06. The van der Waals surface area contributed by atoms with Crippen molar-refractivity contribution in [1.82, 2.24) is 4.90 Å². The molecule has 0 amide bonds. The fraction of sp³-hybridized carbons (Fsp3) is 0.750. The zero-order valence-corrected chi connectivity index (χ0v) is 6.64. The minimum absolute atomic E-state index is 0.698. The molecule has 0 saturated carbocycles. The Bertz CT molecular complexity index is 129. The average Bonchev–Trinajstić information content (AvgIpc) is 1.88. The van der Waals surface area contributed by atoms with E-state index < -0.39 is 0 Å². The largest absolute Gasteiger partial charge is 0.327 e. The highest BCUT2D eigenvalue weighted by atomic mass is 15.1. The molecule has 2 N–H and O–H groups in total. The number of hydrogen-bond donors (Lipinski definition) is 1. The van der Waals surface area contributed by atoms with Crippen LogP contribution in [0.5, 0.6) is 0 Å². The Kier molecular flexibility index (Phi) is 2.90. The maximum atomic E-state index is 5.41. The Morgan fingerprint density at radius 2 is 2.50 bits per heavy atom. The molecule has 1 saturated heterocycles.